The molecule has 0 spiro atoms. The summed E-state index contributed by atoms with van der Waals surface area (Å²) in [5.74, 6) is -0.291. The Hall–Kier alpha value is -2.48. The summed E-state index contributed by atoms with van der Waals surface area (Å²) in [5.41, 5.74) is 0.912. The van der Waals surface area contributed by atoms with Crippen molar-refractivity contribution < 1.29 is 19.4 Å². The molecule has 2 heterocycles. The normalized spacial score (nSPS) is 15.1. The zero-order chi connectivity index (χ0) is 18.6. The number of aromatic nitrogens is 1. The van der Waals surface area contributed by atoms with Crippen LogP contribution in [0.15, 0.2) is 41.8 Å². The smallest absolute Gasteiger partial charge is 0.355 e. The van der Waals surface area contributed by atoms with Crippen LogP contribution in [0, 0.1) is 0 Å². The Morgan fingerprint density at radius 3 is 2.81 bits per heavy atom. The fourth-order valence-electron chi connectivity index (χ4n) is 3.19. The molecule has 1 fully saturated rings. The fourth-order valence-corrected chi connectivity index (χ4v) is 4.04. The zero-order valence-electron chi connectivity index (χ0n) is 14.8. The van der Waals surface area contributed by atoms with E-state index in [9.17, 15) is 9.90 Å². The van der Waals surface area contributed by atoms with Gasteiger partial charge in [0, 0.05) is 25.0 Å². The second-order valence-corrected chi connectivity index (χ2v) is 7.16. The van der Waals surface area contributed by atoms with Crippen LogP contribution in [0.2, 0.25) is 0 Å². The molecule has 4 rings (SSSR count). The van der Waals surface area contributed by atoms with Gasteiger partial charge in [0.15, 0.2) is 5.69 Å². The molecule has 6 nitrogen and oxygen atoms in total. The molecule has 2 aromatic carbocycles. The maximum Gasteiger partial charge on any atom is 0.355 e. The SMILES string of the molecule is O=C(O)c1csc(-c2c(OCCN3CCOCC3)ccc3ccccc23)n1. The summed E-state index contributed by atoms with van der Waals surface area (Å²) in [6, 6.07) is 12.0. The van der Waals surface area contributed by atoms with Gasteiger partial charge in [-0.2, -0.15) is 0 Å². The Morgan fingerprint density at radius 2 is 2.04 bits per heavy atom. The molecule has 1 aromatic heterocycles. The van der Waals surface area contributed by atoms with Crippen LogP contribution in [0.25, 0.3) is 21.3 Å². The maximum absolute atomic E-state index is 11.2. The Morgan fingerprint density at radius 1 is 1.22 bits per heavy atom. The Kier molecular flexibility index (Phi) is 5.33. The number of aromatic carboxylic acids is 1. The largest absolute Gasteiger partial charge is 0.491 e. The van der Waals surface area contributed by atoms with E-state index in [1.54, 1.807) is 5.38 Å². The van der Waals surface area contributed by atoms with E-state index in [4.69, 9.17) is 9.47 Å². The van der Waals surface area contributed by atoms with Crippen LogP contribution in [0.1, 0.15) is 10.5 Å². The molecular formula is C20H20N2O4S. The Labute approximate surface area is 161 Å². The minimum Gasteiger partial charge on any atom is -0.491 e. The Bertz CT molecular complexity index is 950. The molecule has 0 unspecified atom stereocenters. The molecule has 1 aliphatic heterocycles. The minimum absolute atomic E-state index is 0.0576. The summed E-state index contributed by atoms with van der Waals surface area (Å²) < 4.78 is 11.5. The number of carboxylic acids is 1. The number of carboxylic acid groups (broad SMARTS) is 1. The molecule has 0 radical (unpaired) electrons. The van der Waals surface area contributed by atoms with Gasteiger partial charge in [-0.15, -0.1) is 11.3 Å². The molecule has 1 aliphatic rings. The summed E-state index contributed by atoms with van der Waals surface area (Å²) in [7, 11) is 0. The van der Waals surface area contributed by atoms with E-state index in [0.29, 0.717) is 11.6 Å². The van der Waals surface area contributed by atoms with Crippen LogP contribution in [0.4, 0.5) is 0 Å². The number of carbonyl (C=O) groups is 1. The van der Waals surface area contributed by atoms with E-state index in [1.165, 1.54) is 11.3 Å². The monoisotopic (exact) mass is 384 g/mol. The van der Waals surface area contributed by atoms with Gasteiger partial charge in [0.05, 0.1) is 18.8 Å². The third kappa shape index (κ3) is 3.95. The lowest BCUT2D eigenvalue weighted by molar-refractivity contribution is 0.0323. The number of nitrogens with zero attached hydrogens (tertiary/aromatic N) is 2. The van der Waals surface area contributed by atoms with E-state index in [0.717, 1.165) is 54.9 Å². The average Bonchev–Trinajstić information content (AvgIpc) is 3.18. The number of hydrogen-bond acceptors (Lipinski definition) is 6. The molecule has 140 valence electrons. The van der Waals surface area contributed by atoms with Crippen LogP contribution in [0.5, 0.6) is 5.75 Å². The number of thiazole rings is 1. The van der Waals surface area contributed by atoms with E-state index in [2.05, 4.69) is 9.88 Å². The predicted octanol–water partition coefficient (Wildman–Crippen LogP) is 3.37. The van der Waals surface area contributed by atoms with Gasteiger partial charge in [-0.05, 0) is 16.8 Å². The van der Waals surface area contributed by atoms with Crippen molar-refractivity contribution in [3.8, 4) is 16.3 Å². The van der Waals surface area contributed by atoms with Gasteiger partial charge >= 0.3 is 5.97 Å². The van der Waals surface area contributed by atoms with Crippen LogP contribution >= 0.6 is 11.3 Å². The molecule has 7 heteroatoms. The molecule has 1 saturated heterocycles. The summed E-state index contributed by atoms with van der Waals surface area (Å²) in [6.07, 6.45) is 0. The lowest BCUT2D eigenvalue weighted by Crippen LogP contribution is -2.38. The van der Waals surface area contributed by atoms with Crippen LogP contribution in [-0.4, -0.2) is 60.4 Å². The highest BCUT2D eigenvalue weighted by molar-refractivity contribution is 7.13. The van der Waals surface area contributed by atoms with E-state index < -0.39 is 5.97 Å². The number of rotatable bonds is 6. The van der Waals surface area contributed by atoms with Crippen LogP contribution in [-0.2, 0) is 4.74 Å². The highest BCUT2D eigenvalue weighted by Crippen LogP contribution is 2.38. The maximum atomic E-state index is 11.2. The van der Waals surface area contributed by atoms with Gasteiger partial charge in [-0.25, -0.2) is 9.78 Å². The second kappa shape index (κ2) is 8.04. The molecule has 0 amide bonds. The van der Waals surface area contributed by atoms with Crippen molar-refractivity contribution >= 4 is 28.1 Å². The quantitative estimate of drug-likeness (QED) is 0.703. The topological polar surface area (TPSA) is 71.9 Å². The first-order valence-electron chi connectivity index (χ1n) is 8.86. The van der Waals surface area contributed by atoms with Gasteiger partial charge in [-0.3, -0.25) is 4.90 Å². The number of hydrogen-bond donors (Lipinski definition) is 1. The van der Waals surface area contributed by atoms with Gasteiger partial charge < -0.3 is 14.6 Å². The highest BCUT2D eigenvalue weighted by atomic mass is 32.1. The van der Waals surface area contributed by atoms with E-state index in [-0.39, 0.29) is 5.69 Å². The third-order valence-electron chi connectivity index (χ3n) is 4.60. The predicted molar refractivity (Wildman–Crippen MR) is 105 cm³/mol. The van der Waals surface area contributed by atoms with Gasteiger partial charge in [-0.1, -0.05) is 30.3 Å². The molecule has 0 saturated carbocycles. The van der Waals surface area contributed by atoms with Crippen molar-refractivity contribution in [3.05, 3.63) is 47.5 Å². The standard InChI is InChI=1S/C20H20N2O4S/c23-20(24)16-13-27-19(21-16)18-15-4-2-1-3-14(15)5-6-17(18)26-12-9-22-7-10-25-11-8-22/h1-6,13H,7-12H2,(H,23,24). The first kappa shape index (κ1) is 17.9. The van der Waals surface area contributed by atoms with Crippen molar-refractivity contribution in [1.29, 1.82) is 0 Å². The lowest BCUT2D eigenvalue weighted by Gasteiger charge is -2.26. The van der Waals surface area contributed by atoms with Crippen molar-refractivity contribution in [2.45, 2.75) is 0 Å². The van der Waals surface area contributed by atoms with Crippen molar-refractivity contribution in [2.24, 2.45) is 0 Å². The van der Waals surface area contributed by atoms with E-state index in [1.807, 2.05) is 36.4 Å². The lowest BCUT2D eigenvalue weighted by atomic mass is 10.0. The second-order valence-electron chi connectivity index (χ2n) is 6.31. The van der Waals surface area contributed by atoms with Gasteiger partial charge in [0.2, 0.25) is 0 Å². The number of fused-ring (bicyclic) bond motifs is 1. The van der Waals surface area contributed by atoms with Crippen LogP contribution in [0.3, 0.4) is 0 Å². The van der Waals surface area contributed by atoms with Crippen molar-refractivity contribution in [1.82, 2.24) is 9.88 Å². The molecule has 0 aliphatic carbocycles. The van der Waals surface area contributed by atoms with Crippen molar-refractivity contribution in [3.63, 3.8) is 0 Å². The molecule has 0 atom stereocenters. The fraction of sp³-hybridized carbons (Fsp3) is 0.300. The summed E-state index contributed by atoms with van der Waals surface area (Å²) in [5, 5.41) is 13.5. The summed E-state index contributed by atoms with van der Waals surface area (Å²) >= 11 is 1.32. The van der Waals surface area contributed by atoms with Gasteiger partial charge in [0.1, 0.15) is 17.4 Å². The van der Waals surface area contributed by atoms with Gasteiger partial charge in [0.25, 0.3) is 0 Å². The Balaban J connectivity index is 1.63. The number of benzene rings is 2. The molecule has 1 N–H and O–H groups in total. The molecule has 0 bridgehead atoms. The number of morpholine rings is 1. The molecule has 3 aromatic rings. The number of ether oxygens (including phenoxy) is 2. The average molecular weight is 384 g/mol. The van der Waals surface area contributed by atoms with E-state index >= 15 is 0 Å². The molecular weight excluding hydrogens is 364 g/mol. The first-order valence-corrected chi connectivity index (χ1v) is 9.74. The summed E-state index contributed by atoms with van der Waals surface area (Å²) in [4.78, 5) is 17.9. The zero-order valence-corrected chi connectivity index (χ0v) is 15.6. The third-order valence-corrected chi connectivity index (χ3v) is 5.46. The highest BCUT2D eigenvalue weighted by Gasteiger charge is 2.17. The molecule has 27 heavy (non-hydrogen) atoms. The van der Waals surface area contributed by atoms with Crippen molar-refractivity contribution in [2.75, 3.05) is 39.5 Å². The van der Waals surface area contributed by atoms with Crippen LogP contribution < -0.4 is 4.74 Å². The summed E-state index contributed by atoms with van der Waals surface area (Å²) in [6.45, 7) is 4.75. The first-order chi connectivity index (χ1) is 13.2. The minimum atomic E-state index is -1.02.